The summed E-state index contributed by atoms with van der Waals surface area (Å²) in [5, 5.41) is 3.18. The standard InChI is InChI=1S/C13H20FN3O.HI/c1-10(9-16-13(15-2)17(3)4)18-12-7-5-11(14)6-8-12;/h5-8,10H,9H2,1-4H3,(H,15,16);1H. The Bertz CT molecular complexity index is 395. The predicted octanol–water partition coefficient (Wildman–Crippen LogP) is 2.35. The first-order chi connectivity index (χ1) is 8.52. The molecule has 1 unspecified atom stereocenters. The number of rotatable bonds is 4. The molecule has 0 radical (unpaired) electrons. The summed E-state index contributed by atoms with van der Waals surface area (Å²) < 4.78 is 18.4. The van der Waals surface area contributed by atoms with Gasteiger partial charge in [-0.25, -0.2) is 4.39 Å². The third kappa shape index (κ3) is 6.60. The molecule has 0 heterocycles. The smallest absolute Gasteiger partial charge is 0.193 e. The molecule has 19 heavy (non-hydrogen) atoms. The van der Waals surface area contributed by atoms with E-state index >= 15 is 0 Å². The molecule has 1 rings (SSSR count). The van der Waals surface area contributed by atoms with Crippen molar-refractivity contribution in [1.29, 1.82) is 0 Å². The van der Waals surface area contributed by atoms with E-state index in [2.05, 4.69) is 10.3 Å². The quantitative estimate of drug-likeness (QED) is 0.494. The normalized spacial score (nSPS) is 12.4. The maximum Gasteiger partial charge on any atom is 0.193 e. The lowest BCUT2D eigenvalue weighted by molar-refractivity contribution is 0.222. The van der Waals surface area contributed by atoms with Crippen LogP contribution in [0.3, 0.4) is 0 Å². The van der Waals surface area contributed by atoms with E-state index in [4.69, 9.17) is 4.74 Å². The van der Waals surface area contributed by atoms with Gasteiger partial charge in [-0.1, -0.05) is 0 Å². The molecule has 0 saturated carbocycles. The molecule has 1 aromatic rings. The van der Waals surface area contributed by atoms with E-state index in [1.54, 1.807) is 19.2 Å². The lowest BCUT2D eigenvalue weighted by Crippen LogP contribution is -2.41. The molecule has 0 aliphatic heterocycles. The summed E-state index contributed by atoms with van der Waals surface area (Å²) in [6.07, 6.45) is -0.0350. The average molecular weight is 381 g/mol. The molecule has 1 N–H and O–H groups in total. The number of nitrogens with one attached hydrogen (secondary N) is 1. The highest BCUT2D eigenvalue weighted by Gasteiger charge is 2.06. The van der Waals surface area contributed by atoms with Gasteiger partial charge in [0.05, 0.1) is 6.54 Å². The first-order valence-corrected chi connectivity index (χ1v) is 5.83. The Labute approximate surface area is 131 Å². The molecule has 1 aromatic carbocycles. The third-order valence-corrected chi connectivity index (χ3v) is 2.33. The third-order valence-electron chi connectivity index (χ3n) is 2.33. The van der Waals surface area contributed by atoms with E-state index < -0.39 is 0 Å². The van der Waals surface area contributed by atoms with E-state index in [-0.39, 0.29) is 35.9 Å². The van der Waals surface area contributed by atoms with Crippen molar-refractivity contribution in [3.05, 3.63) is 30.1 Å². The van der Waals surface area contributed by atoms with E-state index in [0.717, 1.165) is 5.96 Å². The van der Waals surface area contributed by atoms with Crippen LogP contribution in [-0.2, 0) is 0 Å². The molecule has 0 aliphatic rings. The van der Waals surface area contributed by atoms with E-state index in [1.165, 1.54) is 12.1 Å². The Kier molecular flexibility index (Phi) is 8.46. The van der Waals surface area contributed by atoms with Gasteiger partial charge in [0.15, 0.2) is 5.96 Å². The van der Waals surface area contributed by atoms with Crippen LogP contribution in [0.25, 0.3) is 0 Å². The minimum Gasteiger partial charge on any atom is -0.489 e. The van der Waals surface area contributed by atoms with Gasteiger partial charge in [0.25, 0.3) is 0 Å². The van der Waals surface area contributed by atoms with Crippen molar-refractivity contribution in [1.82, 2.24) is 10.2 Å². The van der Waals surface area contributed by atoms with Gasteiger partial charge in [-0.3, -0.25) is 4.99 Å². The lowest BCUT2D eigenvalue weighted by atomic mass is 10.3. The predicted molar refractivity (Wildman–Crippen MR) is 87.0 cm³/mol. The van der Waals surface area contributed by atoms with Gasteiger partial charge in [-0.05, 0) is 31.2 Å². The Morgan fingerprint density at radius 3 is 2.42 bits per heavy atom. The number of benzene rings is 1. The molecule has 0 aromatic heterocycles. The van der Waals surface area contributed by atoms with Crippen LogP contribution in [0.2, 0.25) is 0 Å². The zero-order valence-electron chi connectivity index (χ0n) is 11.7. The van der Waals surface area contributed by atoms with Gasteiger partial charge in [0.1, 0.15) is 17.7 Å². The number of aliphatic imine (C=N–C) groups is 1. The fourth-order valence-corrected chi connectivity index (χ4v) is 1.46. The maximum atomic E-state index is 12.7. The van der Waals surface area contributed by atoms with Crippen molar-refractivity contribution in [3.63, 3.8) is 0 Å². The van der Waals surface area contributed by atoms with Crippen LogP contribution in [0.5, 0.6) is 5.75 Å². The molecule has 0 amide bonds. The maximum absolute atomic E-state index is 12.7. The highest BCUT2D eigenvalue weighted by Crippen LogP contribution is 2.12. The van der Waals surface area contributed by atoms with E-state index in [9.17, 15) is 4.39 Å². The summed E-state index contributed by atoms with van der Waals surface area (Å²) in [6.45, 7) is 2.57. The Morgan fingerprint density at radius 1 is 1.37 bits per heavy atom. The minimum absolute atomic E-state index is 0. The molecule has 0 aliphatic carbocycles. The lowest BCUT2D eigenvalue weighted by Gasteiger charge is -2.20. The molecule has 0 spiro atoms. The van der Waals surface area contributed by atoms with Crippen molar-refractivity contribution in [2.24, 2.45) is 4.99 Å². The summed E-state index contributed by atoms with van der Waals surface area (Å²) in [7, 11) is 5.56. The van der Waals surface area contributed by atoms with Crippen LogP contribution < -0.4 is 10.1 Å². The van der Waals surface area contributed by atoms with Crippen LogP contribution in [0.1, 0.15) is 6.92 Å². The van der Waals surface area contributed by atoms with Crippen molar-refractivity contribution in [2.45, 2.75) is 13.0 Å². The van der Waals surface area contributed by atoms with Gasteiger partial charge in [-0.2, -0.15) is 0 Å². The summed E-state index contributed by atoms with van der Waals surface area (Å²) in [6, 6.07) is 6.00. The first-order valence-electron chi connectivity index (χ1n) is 5.83. The number of hydrogen-bond donors (Lipinski definition) is 1. The second kappa shape index (κ2) is 8.95. The van der Waals surface area contributed by atoms with E-state index in [0.29, 0.717) is 12.3 Å². The number of hydrogen-bond acceptors (Lipinski definition) is 2. The molecule has 1 atom stereocenters. The highest BCUT2D eigenvalue weighted by molar-refractivity contribution is 14.0. The number of guanidine groups is 1. The zero-order valence-corrected chi connectivity index (χ0v) is 14.0. The van der Waals surface area contributed by atoms with Crippen molar-refractivity contribution in [2.75, 3.05) is 27.7 Å². The van der Waals surface area contributed by atoms with Gasteiger partial charge in [-0.15, -0.1) is 24.0 Å². The molecule has 6 heteroatoms. The average Bonchev–Trinajstić information content (AvgIpc) is 2.32. The van der Waals surface area contributed by atoms with Gasteiger partial charge in [0, 0.05) is 21.1 Å². The molecule has 4 nitrogen and oxygen atoms in total. The molecule has 0 saturated heterocycles. The topological polar surface area (TPSA) is 36.9 Å². The Hall–Kier alpha value is -1.05. The molecular formula is C13H21FIN3O. The van der Waals surface area contributed by atoms with Crippen molar-refractivity contribution < 1.29 is 9.13 Å². The van der Waals surface area contributed by atoms with E-state index in [1.807, 2.05) is 25.9 Å². The van der Waals surface area contributed by atoms with Crippen LogP contribution in [0.4, 0.5) is 4.39 Å². The summed E-state index contributed by atoms with van der Waals surface area (Å²) in [5.74, 6) is 1.19. The van der Waals surface area contributed by atoms with Crippen LogP contribution in [-0.4, -0.2) is 44.7 Å². The fourth-order valence-electron chi connectivity index (χ4n) is 1.46. The van der Waals surface area contributed by atoms with Crippen molar-refractivity contribution >= 4 is 29.9 Å². The second-order valence-electron chi connectivity index (χ2n) is 4.20. The monoisotopic (exact) mass is 381 g/mol. The zero-order chi connectivity index (χ0) is 13.5. The molecule has 0 fully saturated rings. The SMILES string of the molecule is CN=C(NCC(C)Oc1ccc(F)cc1)N(C)C.I. The summed E-state index contributed by atoms with van der Waals surface area (Å²) >= 11 is 0. The highest BCUT2D eigenvalue weighted by atomic mass is 127. The van der Waals surface area contributed by atoms with Crippen LogP contribution in [0, 0.1) is 5.82 Å². The minimum atomic E-state index is -0.263. The molecular weight excluding hydrogens is 360 g/mol. The fraction of sp³-hybridized carbons (Fsp3) is 0.462. The van der Waals surface area contributed by atoms with Gasteiger partial charge in [0.2, 0.25) is 0 Å². The Morgan fingerprint density at radius 2 is 1.95 bits per heavy atom. The van der Waals surface area contributed by atoms with Gasteiger partial charge < -0.3 is 15.0 Å². The number of halogens is 2. The summed E-state index contributed by atoms with van der Waals surface area (Å²) in [4.78, 5) is 6.00. The first kappa shape index (κ1) is 17.9. The Balaban J connectivity index is 0.00000324. The number of nitrogens with zero attached hydrogens (tertiary/aromatic N) is 2. The largest absolute Gasteiger partial charge is 0.489 e. The van der Waals surface area contributed by atoms with Crippen LogP contribution >= 0.6 is 24.0 Å². The van der Waals surface area contributed by atoms with Crippen molar-refractivity contribution in [3.8, 4) is 5.75 Å². The number of ether oxygens (including phenoxy) is 1. The van der Waals surface area contributed by atoms with Crippen LogP contribution in [0.15, 0.2) is 29.3 Å². The molecule has 108 valence electrons. The summed E-state index contributed by atoms with van der Waals surface area (Å²) in [5.41, 5.74) is 0. The van der Waals surface area contributed by atoms with Gasteiger partial charge >= 0.3 is 0 Å². The second-order valence-corrected chi connectivity index (χ2v) is 4.20. The molecule has 0 bridgehead atoms.